The third-order valence-electron chi connectivity index (χ3n) is 8.63. The molecule has 1 saturated carbocycles. The maximum Gasteiger partial charge on any atom is 0.226 e. The molecule has 0 radical (unpaired) electrons. The van der Waals surface area contributed by atoms with Crippen molar-refractivity contribution < 1.29 is 28.6 Å². The van der Waals surface area contributed by atoms with E-state index in [1.165, 1.54) is 23.5 Å². The van der Waals surface area contributed by atoms with Crippen LogP contribution in [0.3, 0.4) is 0 Å². The predicted octanol–water partition coefficient (Wildman–Crippen LogP) is 4.92. The number of carbonyl (C=O) groups excluding carboxylic acids is 2. The van der Waals surface area contributed by atoms with Crippen LogP contribution in [-0.2, 0) is 22.6 Å². The summed E-state index contributed by atoms with van der Waals surface area (Å²) in [4.78, 5) is 31.6. The van der Waals surface area contributed by atoms with E-state index < -0.39 is 28.6 Å². The summed E-state index contributed by atoms with van der Waals surface area (Å²) < 4.78 is 27.2. The topological polar surface area (TPSA) is 112 Å². The Kier molecular flexibility index (Phi) is 8.23. The van der Waals surface area contributed by atoms with Crippen molar-refractivity contribution in [2.45, 2.75) is 85.3 Å². The number of aliphatic hydroxyl groups excluding tert-OH is 2. The number of aromatic nitrogens is 1. The quantitative estimate of drug-likeness (QED) is 0.382. The Labute approximate surface area is 232 Å². The number of nitrogens with zero attached hydrogens (tertiary/aromatic N) is 1. The van der Waals surface area contributed by atoms with Gasteiger partial charge in [-0.3, -0.25) is 9.59 Å². The zero-order valence-corrected chi connectivity index (χ0v) is 24.1. The van der Waals surface area contributed by atoms with Gasteiger partial charge in [0.25, 0.3) is 0 Å². The molecule has 7 nitrogen and oxygen atoms in total. The van der Waals surface area contributed by atoms with E-state index in [-0.39, 0.29) is 48.6 Å². The standard InChI is InChI=1S/C29H39F2N3O4S/c1-27(2,3)13-24(38)33-26-34-25-19(11-23(37)32-14-16-8-17(30)10-18(31)9-16)28(4)7-6-22(36)29(5,15-35)21(28)12-20(25)39-26/h8-10,19,21-22,35-36H,6-7,11-15H2,1-5H3,(H,32,37)(H,33,34,38). The van der Waals surface area contributed by atoms with Gasteiger partial charge in [-0.2, -0.15) is 0 Å². The number of aliphatic hydroxyl groups is 2. The molecule has 0 bridgehead atoms. The van der Waals surface area contributed by atoms with Crippen LogP contribution in [0.25, 0.3) is 0 Å². The first-order chi connectivity index (χ1) is 18.1. The average Bonchev–Trinajstić information content (AvgIpc) is 3.21. The number of rotatable bonds is 7. The fourth-order valence-corrected chi connectivity index (χ4v) is 7.60. The second kappa shape index (κ2) is 10.9. The number of hydrogen-bond acceptors (Lipinski definition) is 6. The van der Waals surface area contributed by atoms with E-state index in [9.17, 15) is 28.6 Å². The minimum absolute atomic E-state index is 0.0223. The van der Waals surface area contributed by atoms with E-state index in [0.29, 0.717) is 36.4 Å². The summed E-state index contributed by atoms with van der Waals surface area (Å²) in [6.07, 6.45) is 1.43. The van der Waals surface area contributed by atoms with E-state index in [1.54, 1.807) is 0 Å². The van der Waals surface area contributed by atoms with Gasteiger partial charge in [-0.05, 0) is 53.7 Å². The number of hydrogen-bond donors (Lipinski definition) is 4. The molecule has 5 unspecified atom stereocenters. The summed E-state index contributed by atoms with van der Waals surface area (Å²) in [5, 5.41) is 27.5. The van der Waals surface area contributed by atoms with Gasteiger partial charge in [-0.1, -0.05) is 34.6 Å². The maximum atomic E-state index is 13.6. The Hall–Kier alpha value is -2.43. The van der Waals surface area contributed by atoms with Crippen molar-refractivity contribution in [1.29, 1.82) is 0 Å². The summed E-state index contributed by atoms with van der Waals surface area (Å²) in [5.41, 5.74) is -0.327. The molecule has 0 aliphatic heterocycles. The molecule has 4 N–H and O–H groups in total. The summed E-state index contributed by atoms with van der Waals surface area (Å²) >= 11 is 1.38. The van der Waals surface area contributed by atoms with Crippen LogP contribution >= 0.6 is 11.3 Å². The van der Waals surface area contributed by atoms with Gasteiger partial charge in [0.1, 0.15) is 11.6 Å². The third-order valence-corrected chi connectivity index (χ3v) is 9.64. The second-order valence-corrected chi connectivity index (χ2v) is 14.0. The summed E-state index contributed by atoms with van der Waals surface area (Å²) in [7, 11) is 0. The average molecular weight is 564 g/mol. The van der Waals surface area contributed by atoms with Gasteiger partial charge in [0.2, 0.25) is 11.8 Å². The van der Waals surface area contributed by atoms with Crippen molar-refractivity contribution in [3.63, 3.8) is 0 Å². The molecular weight excluding hydrogens is 524 g/mol. The first kappa shape index (κ1) is 29.6. The lowest BCUT2D eigenvalue weighted by Gasteiger charge is -2.58. The molecule has 0 spiro atoms. The lowest BCUT2D eigenvalue weighted by atomic mass is 9.47. The predicted molar refractivity (Wildman–Crippen MR) is 146 cm³/mol. The highest BCUT2D eigenvalue weighted by Crippen LogP contribution is 2.62. The molecule has 4 rings (SSSR count). The molecule has 1 aromatic heterocycles. The molecule has 0 saturated heterocycles. The van der Waals surface area contributed by atoms with Crippen LogP contribution in [0.4, 0.5) is 13.9 Å². The molecule has 2 aliphatic rings. The molecule has 39 heavy (non-hydrogen) atoms. The number of thiazole rings is 1. The summed E-state index contributed by atoms with van der Waals surface area (Å²) in [6.45, 7) is 9.73. The molecule has 1 heterocycles. The van der Waals surface area contributed by atoms with Gasteiger partial charge in [0, 0.05) is 41.7 Å². The molecule has 214 valence electrons. The van der Waals surface area contributed by atoms with E-state index in [1.807, 2.05) is 27.7 Å². The highest BCUT2D eigenvalue weighted by atomic mass is 32.1. The van der Waals surface area contributed by atoms with E-state index in [4.69, 9.17) is 4.98 Å². The monoisotopic (exact) mass is 563 g/mol. The lowest BCUT2D eigenvalue weighted by molar-refractivity contribution is -0.144. The van der Waals surface area contributed by atoms with Gasteiger partial charge in [0.05, 0.1) is 18.4 Å². The van der Waals surface area contributed by atoms with Crippen LogP contribution in [0.1, 0.15) is 82.4 Å². The van der Waals surface area contributed by atoms with E-state index in [0.717, 1.165) is 16.6 Å². The van der Waals surface area contributed by atoms with Gasteiger partial charge in [0.15, 0.2) is 5.13 Å². The minimum Gasteiger partial charge on any atom is -0.396 e. The zero-order chi connectivity index (χ0) is 28.8. The maximum absolute atomic E-state index is 13.6. The molecular formula is C29H39F2N3O4S. The minimum atomic E-state index is -0.766. The molecule has 10 heteroatoms. The molecule has 2 amide bonds. The van der Waals surface area contributed by atoms with Crippen LogP contribution in [-0.4, -0.2) is 39.7 Å². The summed E-state index contributed by atoms with van der Waals surface area (Å²) in [5.74, 6) is -2.30. The van der Waals surface area contributed by atoms with Crippen molar-refractivity contribution in [3.05, 3.63) is 46.0 Å². The second-order valence-electron chi connectivity index (χ2n) is 12.9. The molecule has 1 fully saturated rings. The van der Waals surface area contributed by atoms with Crippen LogP contribution < -0.4 is 10.6 Å². The van der Waals surface area contributed by atoms with Crippen molar-refractivity contribution in [3.8, 4) is 0 Å². The Bertz CT molecular complexity index is 1230. The fraction of sp³-hybridized carbons (Fsp3) is 0.621. The van der Waals surface area contributed by atoms with Gasteiger partial charge in [-0.15, -0.1) is 11.3 Å². The molecule has 1 aromatic carbocycles. The number of anilines is 1. The van der Waals surface area contributed by atoms with E-state index >= 15 is 0 Å². The number of nitrogens with one attached hydrogen (secondary N) is 2. The largest absolute Gasteiger partial charge is 0.396 e. The lowest BCUT2D eigenvalue weighted by Crippen LogP contribution is -2.57. The zero-order valence-electron chi connectivity index (χ0n) is 23.2. The van der Waals surface area contributed by atoms with E-state index in [2.05, 4.69) is 17.6 Å². The molecule has 2 aromatic rings. The number of carbonyl (C=O) groups is 2. The SMILES string of the molecule is CC(C)(C)CC(=O)Nc1nc2c(s1)CC1C(C)(CO)C(O)CCC1(C)C2CC(=O)NCc1cc(F)cc(F)c1. The number of halogens is 2. The van der Waals surface area contributed by atoms with Crippen LogP contribution in [0, 0.1) is 33.8 Å². The van der Waals surface area contributed by atoms with Crippen molar-refractivity contribution in [2.24, 2.45) is 22.2 Å². The van der Waals surface area contributed by atoms with Crippen LogP contribution in [0.2, 0.25) is 0 Å². The van der Waals surface area contributed by atoms with Crippen LogP contribution in [0.5, 0.6) is 0 Å². The Morgan fingerprint density at radius 1 is 1.15 bits per heavy atom. The van der Waals surface area contributed by atoms with Crippen molar-refractivity contribution in [2.75, 3.05) is 11.9 Å². The van der Waals surface area contributed by atoms with Crippen molar-refractivity contribution in [1.82, 2.24) is 10.3 Å². The third kappa shape index (κ3) is 6.18. The van der Waals surface area contributed by atoms with Crippen LogP contribution in [0.15, 0.2) is 18.2 Å². The normalized spacial score (nSPS) is 28.4. The molecule has 2 aliphatic carbocycles. The van der Waals surface area contributed by atoms with Gasteiger partial charge < -0.3 is 20.8 Å². The smallest absolute Gasteiger partial charge is 0.226 e. The highest BCUT2D eigenvalue weighted by molar-refractivity contribution is 7.15. The first-order valence-electron chi connectivity index (χ1n) is 13.4. The highest BCUT2D eigenvalue weighted by Gasteiger charge is 2.59. The Morgan fingerprint density at radius 2 is 1.82 bits per heavy atom. The van der Waals surface area contributed by atoms with Gasteiger partial charge >= 0.3 is 0 Å². The number of fused-ring (bicyclic) bond motifs is 2. The number of benzene rings is 1. The Morgan fingerprint density at radius 3 is 2.44 bits per heavy atom. The number of amides is 2. The van der Waals surface area contributed by atoms with Crippen molar-refractivity contribution >= 4 is 28.3 Å². The Balaban J connectivity index is 1.63. The fourth-order valence-electron chi connectivity index (χ4n) is 6.52. The molecule has 5 atom stereocenters. The first-order valence-corrected chi connectivity index (χ1v) is 14.3. The van der Waals surface area contributed by atoms with Gasteiger partial charge in [-0.25, -0.2) is 13.8 Å². The summed E-state index contributed by atoms with van der Waals surface area (Å²) in [6, 6.07) is 3.15.